The lowest BCUT2D eigenvalue weighted by atomic mass is 10.3. The average Bonchev–Trinajstić information content (AvgIpc) is 3.18. The van der Waals surface area contributed by atoms with Crippen LogP contribution in [0.15, 0.2) is 30.9 Å². The monoisotopic (exact) mass is 306 g/mol. The number of hydrogen-bond acceptors (Lipinski definition) is 8. The predicted octanol–water partition coefficient (Wildman–Crippen LogP) is 3.44. The second-order valence-corrected chi connectivity index (χ2v) is 5.72. The molecule has 21 heavy (non-hydrogen) atoms. The molecule has 1 unspecified atom stereocenters. The first kappa shape index (κ1) is 13.9. The first-order valence-corrected chi connectivity index (χ1v) is 7.42. The Morgan fingerprint density at radius 2 is 2.19 bits per heavy atom. The van der Waals surface area contributed by atoms with Crippen LogP contribution in [0.3, 0.4) is 0 Å². The fourth-order valence-electron chi connectivity index (χ4n) is 1.75. The van der Waals surface area contributed by atoms with E-state index in [4.69, 9.17) is 13.4 Å². The highest BCUT2D eigenvalue weighted by molar-refractivity contribution is 7.99. The van der Waals surface area contributed by atoms with Crippen molar-refractivity contribution in [2.75, 3.05) is 0 Å². The molecule has 0 saturated heterocycles. The highest BCUT2D eigenvalue weighted by atomic mass is 32.2. The Bertz CT molecular complexity index is 733. The number of rotatable bonds is 5. The summed E-state index contributed by atoms with van der Waals surface area (Å²) in [6, 6.07) is 1.80. The Kier molecular flexibility index (Phi) is 3.78. The van der Waals surface area contributed by atoms with Gasteiger partial charge < -0.3 is 13.4 Å². The zero-order valence-corrected chi connectivity index (χ0v) is 12.7. The minimum atomic E-state index is -0.0588. The van der Waals surface area contributed by atoms with E-state index in [1.54, 1.807) is 12.3 Å². The summed E-state index contributed by atoms with van der Waals surface area (Å²) in [5.74, 6) is 2.43. The predicted molar refractivity (Wildman–Crippen MR) is 74.7 cm³/mol. The van der Waals surface area contributed by atoms with E-state index in [9.17, 15) is 0 Å². The minimum Gasteiger partial charge on any atom is -0.469 e. The second-order valence-electron chi connectivity index (χ2n) is 4.43. The summed E-state index contributed by atoms with van der Waals surface area (Å²) in [6.07, 6.45) is 2.33. The Labute approximate surface area is 125 Å². The van der Waals surface area contributed by atoms with Gasteiger partial charge in [-0.3, -0.25) is 0 Å². The maximum absolute atomic E-state index is 5.63. The van der Waals surface area contributed by atoms with Crippen LogP contribution < -0.4 is 0 Å². The SMILES string of the molecule is CCc1noc(C(C)Sc2nnc(-c3ccoc3C)o2)n1. The fraction of sp³-hybridized carbons (Fsp3) is 0.385. The largest absolute Gasteiger partial charge is 0.469 e. The summed E-state index contributed by atoms with van der Waals surface area (Å²) in [6.45, 7) is 5.77. The molecule has 0 saturated carbocycles. The molecule has 3 aromatic rings. The lowest BCUT2D eigenvalue weighted by Crippen LogP contribution is -1.90. The van der Waals surface area contributed by atoms with Crippen molar-refractivity contribution in [3.63, 3.8) is 0 Å². The third-order valence-corrected chi connectivity index (χ3v) is 3.84. The van der Waals surface area contributed by atoms with Gasteiger partial charge in [0.1, 0.15) is 5.76 Å². The number of hydrogen-bond donors (Lipinski definition) is 0. The zero-order valence-electron chi connectivity index (χ0n) is 11.9. The highest BCUT2D eigenvalue weighted by Gasteiger charge is 2.20. The van der Waals surface area contributed by atoms with Crippen LogP contribution in [0.2, 0.25) is 0 Å². The van der Waals surface area contributed by atoms with Crippen molar-refractivity contribution >= 4 is 11.8 Å². The van der Waals surface area contributed by atoms with Crippen molar-refractivity contribution < 1.29 is 13.4 Å². The van der Waals surface area contributed by atoms with Crippen LogP contribution in [-0.2, 0) is 6.42 Å². The molecule has 0 aliphatic rings. The van der Waals surface area contributed by atoms with Gasteiger partial charge in [0.15, 0.2) is 5.82 Å². The molecule has 110 valence electrons. The van der Waals surface area contributed by atoms with Gasteiger partial charge in [0.2, 0.25) is 5.89 Å². The van der Waals surface area contributed by atoms with Gasteiger partial charge in [-0.2, -0.15) is 4.98 Å². The summed E-state index contributed by atoms with van der Waals surface area (Å²) in [7, 11) is 0. The van der Waals surface area contributed by atoms with Gasteiger partial charge in [0, 0.05) is 6.42 Å². The Hall–Kier alpha value is -2.09. The quantitative estimate of drug-likeness (QED) is 0.662. The zero-order chi connectivity index (χ0) is 14.8. The molecule has 3 rings (SSSR count). The summed E-state index contributed by atoms with van der Waals surface area (Å²) in [5, 5.41) is 12.3. The van der Waals surface area contributed by atoms with E-state index in [1.165, 1.54) is 11.8 Å². The Morgan fingerprint density at radius 3 is 2.86 bits per heavy atom. The number of aryl methyl sites for hydroxylation is 2. The van der Waals surface area contributed by atoms with Crippen LogP contribution >= 0.6 is 11.8 Å². The number of thioether (sulfide) groups is 1. The molecule has 3 aromatic heterocycles. The normalized spacial score (nSPS) is 12.7. The van der Waals surface area contributed by atoms with Gasteiger partial charge in [0.05, 0.1) is 17.1 Å². The smallest absolute Gasteiger partial charge is 0.277 e. The van der Waals surface area contributed by atoms with E-state index >= 15 is 0 Å². The molecule has 0 radical (unpaired) electrons. The third-order valence-electron chi connectivity index (χ3n) is 2.92. The van der Waals surface area contributed by atoms with Gasteiger partial charge in [-0.05, 0) is 19.9 Å². The van der Waals surface area contributed by atoms with E-state index in [2.05, 4.69) is 20.3 Å². The third kappa shape index (κ3) is 2.85. The molecule has 0 spiro atoms. The van der Waals surface area contributed by atoms with Crippen molar-refractivity contribution in [2.45, 2.75) is 37.7 Å². The summed E-state index contributed by atoms with van der Waals surface area (Å²) < 4.78 is 16.1. The van der Waals surface area contributed by atoms with Crippen molar-refractivity contribution in [1.29, 1.82) is 0 Å². The van der Waals surface area contributed by atoms with Crippen LogP contribution in [0, 0.1) is 6.92 Å². The number of nitrogens with zero attached hydrogens (tertiary/aromatic N) is 4. The molecule has 7 nitrogen and oxygen atoms in total. The molecule has 0 aliphatic heterocycles. The van der Waals surface area contributed by atoms with Gasteiger partial charge in [-0.15, -0.1) is 10.2 Å². The molecule has 0 bridgehead atoms. The lowest BCUT2D eigenvalue weighted by molar-refractivity contribution is 0.374. The van der Waals surface area contributed by atoms with Crippen LogP contribution in [0.5, 0.6) is 0 Å². The molecule has 0 fully saturated rings. The molecule has 0 aromatic carbocycles. The number of furan rings is 1. The van der Waals surface area contributed by atoms with Crippen molar-refractivity contribution in [3.05, 3.63) is 29.8 Å². The fourth-order valence-corrected chi connectivity index (χ4v) is 2.46. The standard InChI is InChI=1S/C13H14N4O3S/c1-4-10-14-11(20-17-10)8(3)21-13-16-15-12(19-13)9-5-6-18-7(9)2/h5-6,8H,4H2,1-3H3. The van der Waals surface area contributed by atoms with Gasteiger partial charge in [-0.1, -0.05) is 23.8 Å². The van der Waals surface area contributed by atoms with Gasteiger partial charge in [0.25, 0.3) is 11.1 Å². The first-order chi connectivity index (χ1) is 10.2. The summed E-state index contributed by atoms with van der Waals surface area (Å²) in [5.41, 5.74) is 0.799. The first-order valence-electron chi connectivity index (χ1n) is 6.54. The van der Waals surface area contributed by atoms with E-state index in [-0.39, 0.29) is 5.25 Å². The lowest BCUT2D eigenvalue weighted by Gasteiger charge is -2.00. The molecule has 8 heteroatoms. The maximum atomic E-state index is 5.63. The van der Waals surface area contributed by atoms with E-state index < -0.39 is 0 Å². The summed E-state index contributed by atoms with van der Waals surface area (Å²) in [4.78, 5) is 4.29. The van der Waals surface area contributed by atoms with Crippen molar-refractivity contribution in [3.8, 4) is 11.5 Å². The molecule has 1 atom stereocenters. The average molecular weight is 306 g/mol. The Balaban J connectivity index is 1.73. The molecule has 0 N–H and O–H groups in total. The van der Waals surface area contributed by atoms with Crippen LogP contribution in [0.4, 0.5) is 0 Å². The van der Waals surface area contributed by atoms with Gasteiger partial charge in [-0.25, -0.2) is 0 Å². The second kappa shape index (κ2) is 5.72. The highest BCUT2D eigenvalue weighted by Crippen LogP contribution is 2.34. The van der Waals surface area contributed by atoms with Crippen molar-refractivity contribution in [1.82, 2.24) is 20.3 Å². The van der Waals surface area contributed by atoms with Crippen LogP contribution in [-0.4, -0.2) is 20.3 Å². The minimum absolute atomic E-state index is 0.0588. The summed E-state index contributed by atoms with van der Waals surface area (Å²) >= 11 is 1.38. The maximum Gasteiger partial charge on any atom is 0.277 e. The molecular weight excluding hydrogens is 292 g/mol. The number of aromatic nitrogens is 4. The van der Waals surface area contributed by atoms with Crippen LogP contribution in [0.1, 0.15) is 36.6 Å². The van der Waals surface area contributed by atoms with Gasteiger partial charge >= 0.3 is 0 Å². The van der Waals surface area contributed by atoms with E-state index in [0.717, 1.165) is 17.7 Å². The van der Waals surface area contributed by atoms with E-state index in [1.807, 2.05) is 20.8 Å². The van der Waals surface area contributed by atoms with Crippen LogP contribution in [0.25, 0.3) is 11.5 Å². The molecule has 0 amide bonds. The molecule has 0 aliphatic carbocycles. The molecule has 3 heterocycles. The Morgan fingerprint density at radius 1 is 1.33 bits per heavy atom. The topological polar surface area (TPSA) is 91.0 Å². The molecular formula is C13H14N4O3S. The van der Waals surface area contributed by atoms with E-state index in [0.29, 0.717) is 22.8 Å². The van der Waals surface area contributed by atoms with Crippen molar-refractivity contribution in [2.24, 2.45) is 0 Å².